The zero-order chi connectivity index (χ0) is 32.8. The minimum Gasteiger partial charge on any atom is -0.305 e. The van der Waals surface area contributed by atoms with Gasteiger partial charge in [0.05, 0.1) is 0 Å². The Balaban J connectivity index is 0.000000210. The number of benzene rings is 3. The number of aromatic nitrogens is 2. The normalized spacial score (nSPS) is 13.5. The Bertz CT molecular complexity index is 1740. The molecule has 3 heteroatoms. The number of fused-ring (bicyclic) bond motifs is 3. The largest absolute Gasteiger partial charge is 0.305 e. The maximum atomic E-state index is 4.70. The summed E-state index contributed by atoms with van der Waals surface area (Å²) in [4.78, 5) is 9.27. The number of hydrogen-bond acceptors (Lipinski definition) is 2. The molecule has 0 unspecified atom stereocenters. The molecule has 0 saturated carbocycles. The molecule has 1 aliphatic carbocycles. The molecular formula is C43H48IrN2-2. The third-order valence-corrected chi connectivity index (χ3v) is 8.98. The van der Waals surface area contributed by atoms with E-state index >= 15 is 0 Å². The molecule has 0 N–H and O–H groups in total. The first-order chi connectivity index (χ1) is 21.0. The van der Waals surface area contributed by atoms with Crippen molar-refractivity contribution in [2.75, 3.05) is 0 Å². The van der Waals surface area contributed by atoms with Crippen molar-refractivity contribution in [2.24, 2.45) is 0 Å². The minimum atomic E-state index is -0.0432. The summed E-state index contributed by atoms with van der Waals surface area (Å²) in [7, 11) is 0. The van der Waals surface area contributed by atoms with Crippen LogP contribution in [0.4, 0.5) is 0 Å². The van der Waals surface area contributed by atoms with E-state index in [1.807, 2.05) is 18.5 Å². The molecule has 5 aromatic rings. The summed E-state index contributed by atoms with van der Waals surface area (Å²) in [6.07, 6.45) is 3.90. The fourth-order valence-corrected chi connectivity index (χ4v) is 6.05. The second-order valence-corrected chi connectivity index (χ2v) is 15.9. The molecule has 0 bridgehead atoms. The van der Waals surface area contributed by atoms with Gasteiger partial charge in [-0.25, -0.2) is 0 Å². The van der Waals surface area contributed by atoms with Crippen LogP contribution in [0.5, 0.6) is 0 Å². The number of pyridine rings is 2. The summed E-state index contributed by atoms with van der Waals surface area (Å²) in [6.45, 7) is 24.6. The van der Waals surface area contributed by atoms with Crippen molar-refractivity contribution in [1.82, 2.24) is 9.97 Å². The van der Waals surface area contributed by atoms with Crippen LogP contribution in [-0.4, -0.2) is 9.97 Å². The monoisotopic (exact) mass is 785 g/mol. The molecule has 0 fully saturated rings. The SMILES string of the molecule is CC(C)(C)c1c[c-]c(-c2ccc(C(C)(C)C)cn2)cc1.CC(C)(C)c1ccnc(-c2[c-]ccc3c2C(C)(C)c2ccccc2-3)c1.[Ir]. The molecule has 2 aromatic heterocycles. The van der Waals surface area contributed by atoms with Gasteiger partial charge in [-0.2, -0.15) is 0 Å². The second kappa shape index (κ2) is 13.0. The van der Waals surface area contributed by atoms with Crippen LogP contribution in [0.3, 0.4) is 0 Å². The van der Waals surface area contributed by atoms with Gasteiger partial charge in [0.15, 0.2) is 0 Å². The van der Waals surface area contributed by atoms with E-state index in [1.165, 1.54) is 38.9 Å². The van der Waals surface area contributed by atoms with Crippen LogP contribution in [0.25, 0.3) is 33.6 Å². The summed E-state index contributed by atoms with van der Waals surface area (Å²) < 4.78 is 0. The van der Waals surface area contributed by atoms with Crippen LogP contribution < -0.4 is 0 Å². The molecule has 46 heavy (non-hydrogen) atoms. The maximum absolute atomic E-state index is 4.70. The zero-order valence-electron chi connectivity index (χ0n) is 29.4. The Morgan fingerprint density at radius 3 is 1.85 bits per heavy atom. The molecule has 1 aliphatic rings. The van der Waals surface area contributed by atoms with E-state index < -0.39 is 0 Å². The number of rotatable bonds is 2. The van der Waals surface area contributed by atoms with Gasteiger partial charge in [-0.15, -0.1) is 64.7 Å². The van der Waals surface area contributed by atoms with Crippen LogP contribution in [0, 0.1) is 12.1 Å². The van der Waals surface area contributed by atoms with Crippen LogP contribution in [0.1, 0.15) is 104 Å². The summed E-state index contributed by atoms with van der Waals surface area (Å²) in [6, 6.07) is 34.8. The fraction of sp³-hybridized carbons (Fsp3) is 0.349. The average Bonchev–Trinajstić information content (AvgIpc) is 3.23. The Morgan fingerprint density at radius 2 is 1.26 bits per heavy atom. The Morgan fingerprint density at radius 1 is 0.609 bits per heavy atom. The van der Waals surface area contributed by atoms with E-state index in [9.17, 15) is 0 Å². The topological polar surface area (TPSA) is 25.8 Å². The van der Waals surface area contributed by atoms with Crippen LogP contribution in [-0.2, 0) is 41.8 Å². The van der Waals surface area contributed by atoms with Crippen LogP contribution >= 0.6 is 0 Å². The molecule has 0 amide bonds. The van der Waals surface area contributed by atoms with Gasteiger partial charge in [-0.1, -0.05) is 124 Å². The van der Waals surface area contributed by atoms with Crippen molar-refractivity contribution in [3.8, 4) is 33.6 Å². The van der Waals surface area contributed by atoms with Gasteiger partial charge in [-0.05, 0) is 61.4 Å². The van der Waals surface area contributed by atoms with Gasteiger partial charge in [0, 0.05) is 32.5 Å². The fourth-order valence-electron chi connectivity index (χ4n) is 6.05. The van der Waals surface area contributed by atoms with Crippen LogP contribution in [0.2, 0.25) is 0 Å². The van der Waals surface area contributed by atoms with Gasteiger partial charge >= 0.3 is 0 Å². The smallest absolute Gasteiger partial charge is 0.0198 e. The van der Waals surface area contributed by atoms with Gasteiger partial charge in [0.25, 0.3) is 0 Å². The Kier molecular flexibility index (Phi) is 10.0. The predicted molar refractivity (Wildman–Crippen MR) is 191 cm³/mol. The molecule has 0 spiro atoms. The van der Waals surface area contributed by atoms with Crippen molar-refractivity contribution in [3.63, 3.8) is 0 Å². The minimum absolute atomic E-state index is 0. The first-order valence-corrected chi connectivity index (χ1v) is 16.1. The molecule has 2 nitrogen and oxygen atoms in total. The third kappa shape index (κ3) is 7.27. The average molecular weight is 785 g/mol. The molecule has 1 radical (unpaired) electrons. The molecule has 3 aromatic carbocycles. The van der Waals surface area contributed by atoms with Gasteiger partial charge in [0.2, 0.25) is 0 Å². The first-order valence-electron chi connectivity index (χ1n) is 16.1. The Hall–Kier alpha value is -3.39. The van der Waals surface area contributed by atoms with Crippen molar-refractivity contribution in [1.29, 1.82) is 0 Å². The number of hydrogen-bond donors (Lipinski definition) is 0. The molecule has 0 aliphatic heterocycles. The molecule has 6 rings (SSSR count). The summed E-state index contributed by atoms with van der Waals surface area (Å²) in [5, 5.41) is 0. The van der Waals surface area contributed by atoms with Gasteiger partial charge in [0.1, 0.15) is 0 Å². The van der Waals surface area contributed by atoms with Crippen molar-refractivity contribution < 1.29 is 20.1 Å². The second-order valence-electron chi connectivity index (χ2n) is 15.9. The van der Waals surface area contributed by atoms with Crippen molar-refractivity contribution in [3.05, 3.63) is 131 Å². The van der Waals surface area contributed by atoms with E-state index in [0.717, 1.165) is 22.5 Å². The standard InChI is InChI=1S/C24H24N.C19H24N.Ir/c1-23(2,3)16-13-14-25-21(15-16)19-11-8-10-18-17-9-6-7-12-20(17)24(4,5)22(18)19;1-18(2,3)15-9-7-14(8-10-15)17-12-11-16(13-20-17)19(4,5)6;/h6-10,12-15H,1-5H3;7,9-13H,1-6H3;/q2*-1;. The Labute approximate surface area is 291 Å². The molecular weight excluding hydrogens is 737 g/mol. The van der Waals surface area contributed by atoms with Gasteiger partial charge < -0.3 is 9.97 Å². The molecule has 2 heterocycles. The number of nitrogens with zero attached hydrogens (tertiary/aromatic N) is 2. The third-order valence-electron chi connectivity index (χ3n) is 8.98. The summed E-state index contributed by atoms with van der Waals surface area (Å²) in [5.74, 6) is 0. The zero-order valence-corrected chi connectivity index (χ0v) is 31.8. The van der Waals surface area contributed by atoms with E-state index in [0.29, 0.717) is 0 Å². The van der Waals surface area contributed by atoms with E-state index in [1.54, 1.807) is 0 Å². The van der Waals surface area contributed by atoms with Crippen molar-refractivity contribution >= 4 is 0 Å². The quantitative estimate of drug-likeness (QED) is 0.167. The van der Waals surface area contributed by atoms with Crippen LogP contribution in [0.15, 0.2) is 91.3 Å². The molecule has 241 valence electrons. The summed E-state index contributed by atoms with van der Waals surface area (Å²) >= 11 is 0. The first kappa shape index (κ1) is 35.5. The molecule has 0 saturated heterocycles. The van der Waals surface area contributed by atoms with E-state index in [4.69, 9.17) is 4.98 Å². The summed E-state index contributed by atoms with van der Waals surface area (Å²) in [5.41, 5.74) is 13.8. The van der Waals surface area contributed by atoms with E-state index in [2.05, 4.69) is 166 Å². The van der Waals surface area contributed by atoms with E-state index in [-0.39, 0.29) is 41.8 Å². The predicted octanol–water partition coefficient (Wildman–Crippen LogP) is 11.3. The maximum Gasteiger partial charge on any atom is 0.0198 e. The van der Waals surface area contributed by atoms with Crippen molar-refractivity contribution in [2.45, 2.75) is 97.8 Å². The molecule has 0 atom stereocenters. The van der Waals surface area contributed by atoms with Gasteiger partial charge in [-0.3, -0.25) is 0 Å².